The molecule has 0 saturated carbocycles. The molecule has 0 unspecified atom stereocenters. The first-order chi connectivity index (χ1) is 11.0. The molecule has 1 aliphatic rings. The minimum absolute atomic E-state index is 0.0597. The summed E-state index contributed by atoms with van der Waals surface area (Å²) in [5.74, 6) is -0.256. The van der Waals surface area contributed by atoms with Crippen LogP contribution in [0.25, 0.3) is 10.8 Å². The van der Waals surface area contributed by atoms with E-state index in [1.54, 1.807) is 30.2 Å². The summed E-state index contributed by atoms with van der Waals surface area (Å²) in [4.78, 5) is 31.3. The molecule has 120 valence electrons. The number of pyridine rings is 1. The average Bonchev–Trinajstić information content (AvgIpc) is 2.55. The van der Waals surface area contributed by atoms with Crippen molar-refractivity contribution >= 4 is 44.4 Å². The molecule has 3 rings (SSSR count). The van der Waals surface area contributed by atoms with Crippen molar-refractivity contribution in [3.8, 4) is 0 Å². The maximum atomic E-state index is 11.6. The lowest BCUT2D eigenvalue weighted by Crippen LogP contribution is -2.48. The number of benzene rings is 1. The van der Waals surface area contributed by atoms with Gasteiger partial charge in [-0.25, -0.2) is 9.78 Å². The first-order valence-electron chi connectivity index (χ1n) is 7.30. The lowest BCUT2D eigenvalue weighted by molar-refractivity contribution is -0.129. The van der Waals surface area contributed by atoms with E-state index in [1.807, 2.05) is 11.0 Å². The van der Waals surface area contributed by atoms with Crippen LogP contribution in [0.2, 0.25) is 0 Å². The Balaban J connectivity index is 2.06. The zero-order valence-electron chi connectivity index (χ0n) is 12.6. The Hall–Kier alpha value is -2.15. The maximum Gasteiger partial charge on any atom is 0.336 e. The van der Waals surface area contributed by atoms with Gasteiger partial charge in [0.15, 0.2) is 0 Å². The predicted octanol–water partition coefficient (Wildman–Crippen LogP) is 2.36. The van der Waals surface area contributed by atoms with E-state index < -0.39 is 5.97 Å². The Labute approximate surface area is 141 Å². The van der Waals surface area contributed by atoms with Gasteiger partial charge in [0, 0.05) is 54.5 Å². The minimum atomic E-state index is -0.973. The van der Waals surface area contributed by atoms with Crippen LogP contribution in [0.1, 0.15) is 17.3 Å². The quantitative estimate of drug-likeness (QED) is 0.869. The number of hydrogen-bond donors (Lipinski definition) is 1. The highest BCUT2D eigenvalue weighted by molar-refractivity contribution is 9.10. The molecule has 1 saturated heterocycles. The van der Waals surface area contributed by atoms with Gasteiger partial charge in [-0.05, 0) is 22.0 Å². The number of carboxylic acid groups (broad SMARTS) is 1. The molecule has 2 aromatic rings. The van der Waals surface area contributed by atoms with Crippen LogP contribution in [-0.4, -0.2) is 53.0 Å². The van der Waals surface area contributed by atoms with Gasteiger partial charge >= 0.3 is 5.97 Å². The number of fused-ring (bicyclic) bond motifs is 1. The highest BCUT2D eigenvalue weighted by atomic mass is 79.9. The maximum absolute atomic E-state index is 11.6. The first-order valence-corrected chi connectivity index (χ1v) is 8.09. The smallest absolute Gasteiger partial charge is 0.336 e. The minimum Gasteiger partial charge on any atom is -0.478 e. The van der Waals surface area contributed by atoms with Gasteiger partial charge in [-0.3, -0.25) is 4.79 Å². The molecule has 1 aliphatic heterocycles. The van der Waals surface area contributed by atoms with E-state index in [2.05, 4.69) is 20.9 Å². The summed E-state index contributed by atoms with van der Waals surface area (Å²) < 4.78 is 0.765. The molecule has 1 aromatic carbocycles. The normalized spacial score (nSPS) is 15.0. The zero-order chi connectivity index (χ0) is 16.6. The number of anilines is 1. The van der Waals surface area contributed by atoms with Crippen LogP contribution in [0, 0.1) is 0 Å². The number of carbonyl (C=O) groups excluding carboxylic acids is 1. The van der Waals surface area contributed by atoms with Gasteiger partial charge < -0.3 is 14.9 Å². The standard InChI is InChI=1S/C16H16BrN3O3/c1-10(21)19-5-7-20(8-6-19)15-14-11(13(17)9-18-15)3-2-4-12(14)16(22)23/h2-4,9H,5-8H2,1H3,(H,22,23). The Morgan fingerprint density at radius 1 is 1.22 bits per heavy atom. The Morgan fingerprint density at radius 3 is 2.52 bits per heavy atom. The first kappa shape index (κ1) is 15.7. The van der Waals surface area contributed by atoms with Crippen LogP contribution in [0.5, 0.6) is 0 Å². The van der Waals surface area contributed by atoms with Crippen LogP contribution in [0.4, 0.5) is 5.82 Å². The van der Waals surface area contributed by atoms with Crippen molar-refractivity contribution in [2.75, 3.05) is 31.1 Å². The second-order valence-corrected chi connectivity index (χ2v) is 6.31. The predicted molar refractivity (Wildman–Crippen MR) is 90.9 cm³/mol. The van der Waals surface area contributed by atoms with E-state index in [0.717, 1.165) is 9.86 Å². The fourth-order valence-corrected chi connectivity index (χ4v) is 3.33. The number of aromatic nitrogens is 1. The summed E-state index contributed by atoms with van der Waals surface area (Å²) in [6, 6.07) is 5.20. The fraction of sp³-hybridized carbons (Fsp3) is 0.312. The van der Waals surface area contributed by atoms with E-state index in [1.165, 1.54) is 0 Å². The lowest BCUT2D eigenvalue weighted by atomic mass is 10.0. The number of carboxylic acids is 1. The van der Waals surface area contributed by atoms with Crippen LogP contribution >= 0.6 is 15.9 Å². The molecular formula is C16H16BrN3O3. The molecule has 0 aliphatic carbocycles. The van der Waals surface area contributed by atoms with Crippen molar-refractivity contribution in [1.29, 1.82) is 0 Å². The highest BCUT2D eigenvalue weighted by Crippen LogP contribution is 2.33. The lowest BCUT2D eigenvalue weighted by Gasteiger charge is -2.35. The summed E-state index contributed by atoms with van der Waals surface area (Å²) in [5.41, 5.74) is 0.236. The molecule has 0 spiro atoms. The van der Waals surface area contributed by atoms with Crippen LogP contribution < -0.4 is 4.90 Å². The van der Waals surface area contributed by atoms with E-state index in [4.69, 9.17) is 0 Å². The fourth-order valence-electron chi connectivity index (χ4n) is 2.90. The van der Waals surface area contributed by atoms with E-state index in [-0.39, 0.29) is 11.5 Å². The molecule has 0 radical (unpaired) electrons. The number of rotatable bonds is 2. The summed E-state index contributed by atoms with van der Waals surface area (Å²) in [6.07, 6.45) is 1.70. The second-order valence-electron chi connectivity index (χ2n) is 5.46. The zero-order valence-corrected chi connectivity index (χ0v) is 14.2. The van der Waals surface area contributed by atoms with Gasteiger partial charge in [-0.1, -0.05) is 12.1 Å². The summed E-state index contributed by atoms with van der Waals surface area (Å²) in [5, 5.41) is 11.0. The molecule has 1 N–H and O–H groups in total. The van der Waals surface area contributed by atoms with Gasteiger partial charge in [0.1, 0.15) is 5.82 Å². The molecule has 23 heavy (non-hydrogen) atoms. The van der Waals surface area contributed by atoms with Crippen LogP contribution in [0.3, 0.4) is 0 Å². The van der Waals surface area contributed by atoms with Crippen molar-refractivity contribution in [3.05, 3.63) is 34.4 Å². The number of piperazine rings is 1. The largest absolute Gasteiger partial charge is 0.478 e. The Bertz CT molecular complexity index is 785. The van der Waals surface area contributed by atoms with Gasteiger partial charge in [0.2, 0.25) is 5.91 Å². The van der Waals surface area contributed by atoms with Gasteiger partial charge in [-0.15, -0.1) is 0 Å². The van der Waals surface area contributed by atoms with Crippen LogP contribution in [0.15, 0.2) is 28.9 Å². The van der Waals surface area contributed by atoms with Crippen molar-refractivity contribution in [3.63, 3.8) is 0 Å². The van der Waals surface area contributed by atoms with Crippen molar-refractivity contribution in [2.24, 2.45) is 0 Å². The third-order valence-corrected chi connectivity index (χ3v) is 4.73. The van der Waals surface area contributed by atoms with E-state index in [9.17, 15) is 14.7 Å². The third kappa shape index (κ3) is 2.88. The Morgan fingerprint density at radius 2 is 1.91 bits per heavy atom. The van der Waals surface area contributed by atoms with Crippen molar-refractivity contribution in [2.45, 2.75) is 6.92 Å². The topological polar surface area (TPSA) is 73.7 Å². The van der Waals surface area contributed by atoms with Crippen molar-refractivity contribution < 1.29 is 14.7 Å². The molecule has 0 bridgehead atoms. The number of carbonyl (C=O) groups is 2. The Kier molecular flexibility index (Phi) is 4.21. The molecule has 0 atom stereocenters. The molecule has 2 heterocycles. The number of hydrogen-bond acceptors (Lipinski definition) is 4. The number of nitrogens with zero attached hydrogens (tertiary/aromatic N) is 3. The van der Waals surface area contributed by atoms with Gasteiger partial charge in [0.25, 0.3) is 0 Å². The monoisotopic (exact) mass is 377 g/mol. The summed E-state index contributed by atoms with van der Waals surface area (Å²) in [6.45, 7) is 4.06. The summed E-state index contributed by atoms with van der Waals surface area (Å²) >= 11 is 3.44. The van der Waals surface area contributed by atoms with Gasteiger partial charge in [0.05, 0.1) is 5.56 Å². The highest BCUT2D eigenvalue weighted by Gasteiger charge is 2.23. The number of amides is 1. The van der Waals surface area contributed by atoms with Crippen molar-refractivity contribution in [1.82, 2.24) is 9.88 Å². The molecule has 7 heteroatoms. The SMILES string of the molecule is CC(=O)N1CCN(c2ncc(Br)c3cccc(C(=O)O)c23)CC1. The molecule has 1 fully saturated rings. The molecule has 1 aromatic heterocycles. The average molecular weight is 378 g/mol. The number of halogens is 1. The molecular weight excluding hydrogens is 362 g/mol. The van der Waals surface area contributed by atoms with Crippen LogP contribution in [-0.2, 0) is 4.79 Å². The van der Waals surface area contributed by atoms with E-state index >= 15 is 0 Å². The molecule has 6 nitrogen and oxygen atoms in total. The van der Waals surface area contributed by atoms with E-state index in [0.29, 0.717) is 37.4 Å². The summed E-state index contributed by atoms with van der Waals surface area (Å²) in [7, 11) is 0. The number of aromatic carboxylic acids is 1. The molecule has 1 amide bonds. The second kappa shape index (κ2) is 6.16. The third-order valence-electron chi connectivity index (χ3n) is 4.10. The van der Waals surface area contributed by atoms with Gasteiger partial charge in [-0.2, -0.15) is 0 Å².